The topological polar surface area (TPSA) is 146 Å². The molecule has 7 atom stereocenters. The van der Waals surface area contributed by atoms with Crippen molar-refractivity contribution < 1.29 is 39.3 Å². The maximum atomic E-state index is 14.6. The van der Waals surface area contributed by atoms with Crippen LogP contribution in [0.4, 0.5) is 0 Å². The first-order valence-corrected chi connectivity index (χ1v) is 14.2. The number of aryl methyl sites for hydroxylation is 2. The van der Waals surface area contributed by atoms with Crippen molar-refractivity contribution in [3.05, 3.63) is 64.2 Å². The normalized spacial score (nSPS) is 35.2. The number of aromatic hydroxyl groups is 1. The van der Waals surface area contributed by atoms with Gasteiger partial charge in [-0.25, -0.2) is 0 Å². The van der Waals surface area contributed by atoms with Gasteiger partial charge in [0.2, 0.25) is 0 Å². The molecule has 0 radical (unpaired) electrons. The molecule has 8 nitrogen and oxygen atoms in total. The Morgan fingerprint density at radius 3 is 2.21 bits per heavy atom. The van der Waals surface area contributed by atoms with Gasteiger partial charge in [0.15, 0.2) is 28.7 Å². The van der Waals surface area contributed by atoms with Gasteiger partial charge in [-0.15, -0.1) is 0 Å². The van der Waals surface area contributed by atoms with E-state index in [-0.39, 0.29) is 11.3 Å². The number of aliphatic hydroxyl groups is 2. The molecule has 8 heteroatoms. The second kappa shape index (κ2) is 9.38. The average Bonchev–Trinajstić information content (AvgIpc) is 2.89. The number of carbonyl (C=O) groups excluding carboxylic acids is 5. The molecule has 3 aliphatic carbocycles. The maximum absolute atomic E-state index is 14.6. The van der Waals surface area contributed by atoms with Crippen LogP contribution < -0.4 is 0 Å². The number of benzene rings is 2. The van der Waals surface area contributed by atoms with E-state index in [1.54, 1.807) is 32.1 Å². The SMILES string of the molecule is CC(=O)C1C(=O)C(C(C)C)[C@@]2(C)[C@H](O)[C@@]3(C)/C(=C/c4ccc(C)cc4C)c4cccc(O)c4C(=O)C3C(=O)[C@@]2(O)C1=O. The van der Waals surface area contributed by atoms with E-state index in [0.717, 1.165) is 23.6 Å². The van der Waals surface area contributed by atoms with Crippen LogP contribution in [0.2, 0.25) is 0 Å². The van der Waals surface area contributed by atoms with Crippen molar-refractivity contribution in [2.24, 2.45) is 34.5 Å². The van der Waals surface area contributed by atoms with Crippen molar-refractivity contribution in [2.75, 3.05) is 0 Å². The van der Waals surface area contributed by atoms with Crippen LogP contribution in [-0.2, 0) is 19.2 Å². The number of hydrogen-bond acceptors (Lipinski definition) is 8. The van der Waals surface area contributed by atoms with Crippen molar-refractivity contribution in [1.82, 2.24) is 0 Å². The third-order valence-corrected chi connectivity index (χ3v) is 10.2. The molecule has 0 aliphatic heterocycles. The van der Waals surface area contributed by atoms with Gasteiger partial charge in [-0.1, -0.05) is 69.7 Å². The molecular weight excluding hydrogens is 536 g/mol. The van der Waals surface area contributed by atoms with Gasteiger partial charge in [-0.05, 0) is 55.0 Å². The maximum Gasteiger partial charge on any atom is 0.191 e. The molecule has 0 saturated heterocycles. The summed E-state index contributed by atoms with van der Waals surface area (Å²) in [6.07, 6.45) is -0.0197. The Labute approximate surface area is 244 Å². The third-order valence-electron chi connectivity index (χ3n) is 10.2. The highest BCUT2D eigenvalue weighted by Crippen LogP contribution is 2.66. The zero-order valence-electron chi connectivity index (χ0n) is 24.8. The summed E-state index contributed by atoms with van der Waals surface area (Å²) in [5.74, 6) is -10.9. The van der Waals surface area contributed by atoms with Gasteiger partial charge >= 0.3 is 0 Å². The summed E-state index contributed by atoms with van der Waals surface area (Å²) in [5, 5.41) is 35.6. The largest absolute Gasteiger partial charge is 0.507 e. The van der Waals surface area contributed by atoms with Gasteiger partial charge in [0.05, 0.1) is 17.6 Å². The lowest BCUT2D eigenvalue weighted by molar-refractivity contribution is -0.230. The van der Waals surface area contributed by atoms with Gasteiger partial charge in [0, 0.05) is 16.7 Å². The fraction of sp³-hybridized carbons (Fsp3) is 0.441. The zero-order chi connectivity index (χ0) is 31.3. The number of ketones is 5. The second-order valence-electron chi connectivity index (χ2n) is 13.0. The Balaban J connectivity index is 1.90. The Morgan fingerprint density at radius 2 is 1.64 bits per heavy atom. The van der Waals surface area contributed by atoms with E-state index in [4.69, 9.17) is 0 Å². The molecule has 0 spiro atoms. The van der Waals surface area contributed by atoms with Crippen LogP contribution in [0.15, 0.2) is 36.4 Å². The highest BCUT2D eigenvalue weighted by atomic mass is 16.3. The molecule has 220 valence electrons. The number of Topliss-reactive ketones (excluding diaryl/α,β-unsaturated/α-hetero) is 5. The van der Waals surface area contributed by atoms with Crippen LogP contribution in [0, 0.1) is 48.3 Å². The quantitative estimate of drug-likeness (QED) is 0.472. The lowest BCUT2D eigenvalue weighted by atomic mass is 9.38. The third kappa shape index (κ3) is 3.45. The van der Waals surface area contributed by atoms with Gasteiger partial charge in [-0.3, -0.25) is 24.0 Å². The Morgan fingerprint density at radius 1 is 1.00 bits per heavy atom. The van der Waals surface area contributed by atoms with Crippen molar-refractivity contribution in [3.63, 3.8) is 0 Å². The molecule has 0 heterocycles. The van der Waals surface area contributed by atoms with Crippen molar-refractivity contribution in [3.8, 4) is 5.75 Å². The van der Waals surface area contributed by atoms with E-state index in [2.05, 4.69) is 0 Å². The minimum Gasteiger partial charge on any atom is -0.507 e. The van der Waals surface area contributed by atoms with Crippen LogP contribution in [-0.4, -0.2) is 55.9 Å². The number of hydrogen-bond donors (Lipinski definition) is 3. The van der Waals surface area contributed by atoms with E-state index in [0.29, 0.717) is 11.1 Å². The fourth-order valence-electron chi connectivity index (χ4n) is 8.25. The van der Waals surface area contributed by atoms with Crippen molar-refractivity contribution in [2.45, 2.75) is 60.2 Å². The van der Waals surface area contributed by atoms with Gasteiger partial charge in [-0.2, -0.15) is 0 Å². The zero-order valence-corrected chi connectivity index (χ0v) is 24.8. The van der Waals surface area contributed by atoms with E-state index >= 15 is 0 Å². The molecule has 3 unspecified atom stereocenters. The predicted octanol–water partition coefficient (Wildman–Crippen LogP) is 3.68. The van der Waals surface area contributed by atoms with Crippen LogP contribution in [0.3, 0.4) is 0 Å². The summed E-state index contributed by atoms with van der Waals surface area (Å²) in [6.45, 7) is 11.1. The number of fused-ring (bicyclic) bond motifs is 3. The molecule has 0 amide bonds. The minimum atomic E-state index is -3.02. The molecule has 42 heavy (non-hydrogen) atoms. The smallest absolute Gasteiger partial charge is 0.191 e. The Kier molecular flexibility index (Phi) is 6.64. The van der Waals surface area contributed by atoms with Gasteiger partial charge in [0.1, 0.15) is 17.5 Å². The van der Waals surface area contributed by atoms with Crippen molar-refractivity contribution >= 4 is 40.6 Å². The monoisotopic (exact) mass is 572 g/mol. The summed E-state index contributed by atoms with van der Waals surface area (Å²) < 4.78 is 0. The molecule has 0 aromatic heterocycles. The lowest BCUT2D eigenvalue weighted by Crippen LogP contribution is -2.81. The van der Waals surface area contributed by atoms with E-state index < -0.39 is 75.1 Å². The van der Waals surface area contributed by atoms with Crippen LogP contribution >= 0.6 is 0 Å². The molecule has 5 rings (SSSR count). The van der Waals surface area contributed by atoms with Crippen LogP contribution in [0.25, 0.3) is 11.6 Å². The first kappa shape index (κ1) is 29.7. The molecule has 0 bridgehead atoms. The second-order valence-corrected chi connectivity index (χ2v) is 13.0. The summed E-state index contributed by atoms with van der Waals surface area (Å²) in [7, 11) is 0. The molecule has 2 fully saturated rings. The van der Waals surface area contributed by atoms with E-state index in [9.17, 15) is 39.3 Å². The standard InChI is InChI=1S/C34H36O8/c1-15(2)25-27(37)23(18(5)35)29(39)34(42)30(40)26-28(38)24-20(9-8-10-22(24)36)21(32(26,6)31(41)33(25,34)7)14-19-12-11-16(3)13-17(19)4/h8-15,23,25-26,31,36,41-42H,1-7H3/b21-14+/t23?,25?,26?,31-,32+,33+,34+/m1/s1. The molecular formula is C34H36O8. The summed E-state index contributed by atoms with van der Waals surface area (Å²) in [5.41, 5.74) is -3.71. The fourth-order valence-corrected chi connectivity index (χ4v) is 8.25. The number of rotatable bonds is 3. The van der Waals surface area contributed by atoms with E-state index in [1.807, 2.05) is 32.0 Å². The molecule has 2 aromatic rings. The lowest BCUT2D eigenvalue weighted by Gasteiger charge is -2.64. The number of aliphatic hydroxyl groups excluding tert-OH is 1. The van der Waals surface area contributed by atoms with Crippen LogP contribution in [0.1, 0.15) is 67.2 Å². The molecule has 2 saturated carbocycles. The predicted molar refractivity (Wildman–Crippen MR) is 154 cm³/mol. The first-order valence-electron chi connectivity index (χ1n) is 14.2. The Bertz CT molecular complexity index is 1630. The minimum absolute atomic E-state index is 0.161. The summed E-state index contributed by atoms with van der Waals surface area (Å²) in [4.78, 5) is 69.1. The van der Waals surface area contributed by atoms with E-state index in [1.165, 1.54) is 19.9 Å². The molecule has 3 N–H and O–H groups in total. The van der Waals surface area contributed by atoms with Crippen LogP contribution in [0.5, 0.6) is 5.75 Å². The number of phenols is 1. The summed E-state index contributed by atoms with van der Waals surface area (Å²) in [6, 6.07) is 10.2. The Hall–Kier alpha value is -3.75. The van der Waals surface area contributed by atoms with Crippen molar-refractivity contribution in [1.29, 1.82) is 0 Å². The number of carbonyl (C=O) groups is 5. The highest BCUT2D eigenvalue weighted by molar-refractivity contribution is 6.34. The first-order chi connectivity index (χ1) is 19.5. The average molecular weight is 573 g/mol. The van der Waals surface area contributed by atoms with Gasteiger partial charge in [0.25, 0.3) is 0 Å². The summed E-state index contributed by atoms with van der Waals surface area (Å²) >= 11 is 0. The number of phenolic OH excluding ortho intramolecular Hbond substituents is 1. The molecule has 2 aromatic carbocycles. The molecule has 3 aliphatic rings. The van der Waals surface area contributed by atoms with Gasteiger partial charge < -0.3 is 15.3 Å². The highest BCUT2D eigenvalue weighted by Gasteiger charge is 2.80.